The molecule has 2 aliphatic rings. The second kappa shape index (κ2) is 6.24. The van der Waals surface area contributed by atoms with Crippen LogP contribution in [0.1, 0.15) is 45.4 Å². The largest absolute Gasteiger partial charge is 0.480 e. The van der Waals surface area contributed by atoms with E-state index in [1.807, 2.05) is 6.92 Å². The Morgan fingerprint density at radius 3 is 2.55 bits per heavy atom. The summed E-state index contributed by atoms with van der Waals surface area (Å²) in [5.74, 6) is -1.19. The lowest BCUT2D eigenvalue weighted by atomic mass is 10.1. The third-order valence-corrected chi connectivity index (χ3v) is 3.96. The van der Waals surface area contributed by atoms with Crippen LogP contribution in [-0.4, -0.2) is 46.4 Å². The Morgan fingerprint density at radius 2 is 2.00 bits per heavy atom. The van der Waals surface area contributed by atoms with E-state index in [-0.39, 0.29) is 17.7 Å². The molecule has 0 aromatic rings. The zero-order chi connectivity index (χ0) is 14.7. The second-order valence-electron chi connectivity index (χ2n) is 5.65. The monoisotopic (exact) mass is 282 g/mol. The predicted octanol–water partition coefficient (Wildman–Crippen LogP) is 0.757. The molecule has 112 valence electrons. The number of nitrogens with zero attached hydrogens (tertiary/aromatic N) is 1. The molecule has 1 aliphatic heterocycles. The smallest absolute Gasteiger partial charge is 0.326 e. The molecule has 0 aromatic heterocycles. The maximum absolute atomic E-state index is 12.2. The summed E-state index contributed by atoms with van der Waals surface area (Å²) < 4.78 is 0. The number of carbonyl (C=O) groups excluding carboxylic acids is 2. The number of amides is 2. The lowest BCUT2D eigenvalue weighted by Crippen LogP contribution is -2.51. The van der Waals surface area contributed by atoms with Crippen LogP contribution in [0.2, 0.25) is 0 Å². The molecule has 2 amide bonds. The van der Waals surface area contributed by atoms with Gasteiger partial charge in [-0.25, -0.2) is 4.79 Å². The quantitative estimate of drug-likeness (QED) is 0.753. The topological polar surface area (TPSA) is 86.7 Å². The van der Waals surface area contributed by atoms with Crippen molar-refractivity contribution < 1.29 is 19.5 Å². The lowest BCUT2D eigenvalue weighted by molar-refractivity contribution is -0.144. The van der Waals surface area contributed by atoms with Gasteiger partial charge in [0.05, 0.1) is 0 Å². The molecular weight excluding hydrogens is 260 g/mol. The minimum absolute atomic E-state index is 0.0602. The Morgan fingerprint density at radius 1 is 1.30 bits per heavy atom. The van der Waals surface area contributed by atoms with Crippen molar-refractivity contribution in [3.8, 4) is 0 Å². The van der Waals surface area contributed by atoms with E-state index < -0.39 is 18.1 Å². The number of hydrogen-bond acceptors (Lipinski definition) is 3. The molecule has 1 saturated heterocycles. The molecule has 0 spiro atoms. The number of carboxylic acid groups (broad SMARTS) is 1. The van der Waals surface area contributed by atoms with Crippen molar-refractivity contribution in [1.29, 1.82) is 0 Å². The van der Waals surface area contributed by atoms with Crippen LogP contribution in [0, 0.1) is 5.92 Å². The number of aliphatic carboxylic acids is 1. The van der Waals surface area contributed by atoms with Crippen LogP contribution in [0.15, 0.2) is 0 Å². The molecule has 1 saturated carbocycles. The Labute approximate surface area is 118 Å². The van der Waals surface area contributed by atoms with Gasteiger partial charge in [-0.15, -0.1) is 0 Å². The second-order valence-corrected chi connectivity index (χ2v) is 5.65. The van der Waals surface area contributed by atoms with Gasteiger partial charge in [-0.3, -0.25) is 9.59 Å². The number of hydrogen-bond donors (Lipinski definition) is 2. The Hall–Kier alpha value is -1.59. The summed E-state index contributed by atoms with van der Waals surface area (Å²) >= 11 is 0. The van der Waals surface area contributed by atoms with Crippen LogP contribution in [-0.2, 0) is 14.4 Å². The fourth-order valence-electron chi connectivity index (χ4n) is 2.68. The van der Waals surface area contributed by atoms with E-state index in [0.717, 1.165) is 19.3 Å². The Bertz CT molecular complexity index is 406. The zero-order valence-electron chi connectivity index (χ0n) is 11.8. The summed E-state index contributed by atoms with van der Waals surface area (Å²) in [6, 6.07) is -1.34. The van der Waals surface area contributed by atoms with E-state index in [1.165, 1.54) is 0 Å². The molecule has 20 heavy (non-hydrogen) atoms. The van der Waals surface area contributed by atoms with Crippen molar-refractivity contribution in [2.24, 2.45) is 5.92 Å². The summed E-state index contributed by atoms with van der Waals surface area (Å²) in [4.78, 5) is 37.0. The van der Waals surface area contributed by atoms with Crippen LogP contribution in [0.25, 0.3) is 0 Å². The maximum atomic E-state index is 12.2. The first kappa shape index (κ1) is 14.8. The van der Waals surface area contributed by atoms with E-state index in [0.29, 0.717) is 25.8 Å². The van der Waals surface area contributed by atoms with Gasteiger partial charge >= 0.3 is 5.97 Å². The van der Waals surface area contributed by atoms with Crippen LogP contribution >= 0.6 is 0 Å². The van der Waals surface area contributed by atoms with Crippen LogP contribution in [0.4, 0.5) is 0 Å². The number of rotatable bonds is 6. The van der Waals surface area contributed by atoms with Gasteiger partial charge in [-0.05, 0) is 32.1 Å². The maximum Gasteiger partial charge on any atom is 0.326 e. The molecule has 2 atom stereocenters. The van der Waals surface area contributed by atoms with Gasteiger partial charge in [-0.1, -0.05) is 13.3 Å². The van der Waals surface area contributed by atoms with Crippen molar-refractivity contribution in [2.75, 3.05) is 6.54 Å². The molecule has 2 N–H and O–H groups in total. The van der Waals surface area contributed by atoms with Crippen molar-refractivity contribution >= 4 is 17.8 Å². The molecule has 0 radical (unpaired) electrons. The minimum Gasteiger partial charge on any atom is -0.480 e. The summed E-state index contributed by atoms with van der Waals surface area (Å²) in [7, 11) is 0. The van der Waals surface area contributed by atoms with Crippen LogP contribution in [0.3, 0.4) is 0 Å². The van der Waals surface area contributed by atoms with E-state index >= 15 is 0 Å². The highest BCUT2D eigenvalue weighted by molar-refractivity contribution is 5.92. The predicted molar refractivity (Wildman–Crippen MR) is 71.9 cm³/mol. The summed E-state index contributed by atoms with van der Waals surface area (Å²) in [6.45, 7) is 2.49. The molecule has 1 unspecified atom stereocenters. The molecule has 0 bridgehead atoms. The molecule has 2 fully saturated rings. The summed E-state index contributed by atoms with van der Waals surface area (Å²) in [6.07, 6.45) is 4.36. The fourth-order valence-corrected chi connectivity index (χ4v) is 2.68. The lowest BCUT2D eigenvalue weighted by Gasteiger charge is -2.25. The molecule has 2 rings (SSSR count). The standard InChI is InChI=1S/C14H22N2O4/c1-2-4-10(14(19)20)15-12(17)11-5-3-8-16(11)13(18)9-6-7-9/h9-11H,2-8H2,1H3,(H,15,17)(H,19,20)/t10-,11?/m0/s1. The number of nitrogens with one attached hydrogen (secondary N) is 1. The van der Waals surface area contributed by atoms with Crippen molar-refractivity contribution in [3.63, 3.8) is 0 Å². The molecule has 6 nitrogen and oxygen atoms in total. The number of carboxylic acids is 1. The molecule has 1 aliphatic carbocycles. The first-order chi connectivity index (χ1) is 9.54. The normalized spacial score (nSPS) is 23.4. The van der Waals surface area contributed by atoms with Crippen LogP contribution in [0.5, 0.6) is 0 Å². The number of carbonyl (C=O) groups is 3. The van der Waals surface area contributed by atoms with E-state index in [1.54, 1.807) is 4.90 Å². The fraction of sp³-hybridized carbons (Fsp3) is 0.786. The highest BCUT2D eigenvalue weighted by atomic mass is 16.4. The first-order valence-corrected chi connectivity index (χ1v) is 7.38. The van der Waals surface area contributed by atoms with Gasteiger partial charge < -0.3 is 15.3 Å². The highest BCUT2D eigenvalue weighted by Gasteiger charge is 2.41. The van der Waals surface area contributed by atoms with E-state index in [9.17, 15) is 14.4 Å². The average molecular weight is 282 g/mol. The third kappa shape index (κ3) is 3.29. The van der Waals surface area contributed by atoms with Crippen molar-refractivity contribution in [3.05, 3.63) is 0 Å². The van der Waals surface area contributed by atoms with Crippen molar-refractivity contribution in [1.82, 2.24) is 10.2 Å². The minimum atomic E-state index is -1.02. The van der Waals surface area contributed by atoms with Gasteiger partial charge in [0, 0.05) is 12.5 Å². The van der Waals surface area contributed by atoms with E-state index in [4.69, 9.17) is 5.11 Å². The molecule has 6 heteroatoms. The van der Waals surface area contributed by atoms with Crippen molar-refractivity contribution in [2.45, 2.75) is 57.5 Å². The van der Waals surface area contributed by atoms with Gasteiger partial charge in [0.2, 0.25) is 11.8 Å². The SMILES string of the molecule is CCC[C@H](NC(=O)C1CCCN1C(=O)C1CC1)C(=O)O. The van der Waals surface area contributed by atoms with Gasteiger partial charge in [0.15, 0.2) is 0 Å². The van der Waals surface area contributed by atoms with Gasteiger partial charge in [-0.2, -0.15) is 0 Å². The summed E-state index contributed by atoms with van der Waals surface area (Å²) in [5, 5.41) is 11.6. The zero-order valence-corrected chi connectivity index (χ0v) is 11.8. The third-order valence-electron chi connectivity index (χ3n) is 3.96. The van der Waals surface area contributed by atoms with Gasteiger partial charge in [0.25, 0.3) is 0 Å². The van der Waals surface area contributed by atoms with E-state index in [2.05, 4.69) is 5.32 Å². The Kier molecular flexibility index (Phi) is 4.62. The van der Waals surface area contributed by atoms with Gasteiger partial charge in [0.1, 0.15) is 12.1 Å². The molecular formula is C14H22N2O4. The highest BCUT2D eigenvalue weighted by Crippen LogP contribution is 2.33. The number of likely N-dealkylation sites (tertiary alicyclic amines) is 1. The molecule has 0 aromatic carbocycles. The molecule has 1 heterocycles. The first-order valence-electron chi connectivity index (χ1n) is 7.38. The Balaban J connectivity index is 1.96. The van der Waals surface area contributed by atoms with Crippen LogP contribution < -0.4 is 5.32 Å². The average Bonchev–Trinajstić information content (AvgIpc) is 3.14. The summed E-state index contributed by atoms with van der Waals surface area (Å²) in [5.41, 5.74) is 0.